The van der Waals surface area contributed by atoms with Crippen molar-refractivity contribution in [3.05, 3.63) is 0 Å². The monoisotopic (exact) mass is 115 g/mol. The number of amidine groups is 1. The minimum absolute atomic E-state index is 0.524. The second-order valence-corrected chi connectivity index (χ2v) is 1.53. The lowest BCUT2D eigenvalue weighted by atomic mass is 10.5. The Kier molecular flexibility index (Phi) is 1.82. The first kappa shape index (κ1) is 5.53. The zero-order chi connectivity index (χ0) is 5.82. The van der Waals surface area contributed by atoms with Crippen LogP contribution in [-0.4, -0.2) is 25.6 Å². The van der Waals surface area contributed by atoms with Gasteiger partial charge in [0.15, 0.2) is 0 Å². The van der Waals surface area contributed by atoms with Gasteiger partial charge in [0.2, 0.25) is 0 Å². The number of nitrogens with two attached hydrogens (primary N) is 1. The standard InChI is InChI=1S/C4H9N3O/c5-7-4-3-8-2-1-6-4/h1-3,5H2,(H,6,7). The summed E-state index contributed by atoms with van der Waals surface area (Å²) in [4.78, 5) is 4.00. The van der Waals surface area contributed by atoms with Crippen molar-refractivity contribution in [2.24, 2.45) is 10.8 Å². The Bertz CT molecular complexity index is 101. The van der Waals surface area contributed by atoms with Crippen molar-refractivity contribution >= 4 is 5.84 Å². The zero-order valence-corrected chi connectivity index (χ0v) is 4.55. The molecule has 1 rings (SSSR count). The maximum atomic E-state index is 5.04. The molecule has 4 heteroatoms. The number of ether oxygens (including phenoxy) is 1. The minimum Gasteiger partial charge on any atom is -0.372 e. The van der Waals surface area contributed by atoms with Crippen molar-refractivity contribution in [1.82, 2.24) is 5.43 Å². The first-order valence-corrected chi connectivity index (χ1v) is 2.51. The van der Waals surface area contributed by atoms with Crippen molar-refractivity contribution < 1.29 is 4.74 Å². The van der Waals surface area contributed by atoms with Crippen LogP contribution in [0.5, 0.6) is 0 Å². The van der Waals surface area contributed by atoms with Gasteiger partial charge in [-0.3, -0.25) is 4.99 Å². The molecular formula is C4H9N3O. The van der Waals surface area contributed by atoms with E-state index < -0.39 is 0 Å². The lowest BCUT2D eigenvalue weighted by Gasteiger charge is -2.10. The maximum absolute atomic E-state index is 5.04. The second kappa shape index (κ2) is 2.64. The number of hydrogen-bond acceptors (Lipinski definition) is 4. The third kappa shape index (κ3) is 1.18. The van der Waals surface area contributed by atoms with E-state index >= 15 is 0 Å². The molecule has 1 aliphatic rings. The summed E-state index contributed by atoms with van der Waals surface area (Å²) >= 11 is 0. The summed E-state index contributed by atoms with van der Waals surface area (Å²) in [6, 6.07) is 0. The molecule has 0 aromatic heterocycles. The average Bonchev–Trinajstić information content (AvgIpc) is 1.90. The molecule has 0 aromatic rings. The molecule has 46 valence electrons. The molecule has 1 heterocycles. The lowest BCUT2D eigenvalue weighted by molar-refractivity contribution is 0.168. The van der Waals surface area contributed by atoms with Crippen LogP contribution in [0.1, 0.15) is 0 Å². The molecule has 3 N–H and O–H groups in total. The Morgan fingerprint density at radius 3 is 3.00 bits per heavy atom. The number of hydrogen-bond donors (Lipinski definition) is 2. The highest BCUT2D eigenvalue weighted by Gasteiger charge is 2.00. The molecule has 0 saturated carbocycles. The normalized spacial score (nSPS) is 19.9. The van der Waals surface area contributed by atoms with E-state index in [4.69, 9.17) is 10.6 Å². The van der Waals surface area contributed by atoms with Gasteiger partial charge in [0.05, 0.1) is 13.2 Å². The third-order valence-electron chi connectivity index (χ3n) is 0.944. The van der Waals surface area contributed by atoms with E-state index in [1.54, 1.807) is 0 Å². The molecule has 0 radical (unpaired) electrons. The SMILES string of the molecule is NNC1=NCCOC1. The van der Waals surface area contributed by atoms with E-state index in [-0.39, 0.29) is 0 Å². The molecule has 0 fully saturated rings. The summed E-state index contributed by atoms with van der Waals surface area (Å²) in [6.45, 7) is 1.96. The third-order valence-corrected chi connectivity index (χ3v) is 0.944. The quantitative estimate of drug-likeness (QED) is 0.310. The molecule has 0 aliphatic carbocycles. The van der Waals surface area contributed by atoms with Gasteiger partial charge in [-0.05, 0) is 0 Å². The van der Waals surface area contributed by atoms with E-state index in [1.807, 2.05) is 0 Å². The van der Waals surface area contributed by atoms with Gasteiger partial charge in [0, 0.05) is 0 Å². The number of nitrogens with zero attached hydrogens (tertiary/aromatic N) is 1. The van der Waals surface area contributed by atoms with Crippen molar-refractivity contribution in [3.63, 3.8) is 0 Å². The molecule has 8 heavy (non-hydrogen) atoms. The highest BCUT2D eigenvalue weighted by Crippen LogP contribution is 1.85. The molecule has 0 amide bonds. The molecular weight excluding hydrogens is 106 g/mol. The van der Waals surface area contributed by atoms with Crippen molar-refractivity contribution in [1.29, 1.82) is 0 Å². The van der Waals surface area contributed by atoms with Crippen LogP contribution in [0.15, 0.2) is 4.99 Å². The van der Waals surface area contributed by atoms with Gasteiger partial charge in [-0.15, -0.1) is 0 Å². The summed E-state index contributed by atoms with van der Waals surface area (Å²) < 4.78 is 5.00. The summed E-state index contributed by atoms with van der Waals surface area (Å²) in [7, 11) is 0. The van der Waals surface area contributed by atoms with Gasteiger partial charge in [-0.2, -0.15) is 0 Å². The van der Waals surface area contributed by atoms with Crippen molar-refractivity contribution in [2.45, 2.75) is 0 Å². The largest absolute Gasteiger partial charge is 0.372 e. The number of rotatable bonds is 0. The molecule has 0 aromatic carbocycles. The summed E-state index contributed by atoms with van der Waals surface area (Å²) in [5.74, 6) is 5.78. The zero-order valence-electron chi connectivity index (χ0n) is 4.55. The summed E-state index contributed by atoms with van der Waals surface area (Å²) in [5, 5.41) is 0. The van der Waals surface area contributed by atoms with Gasteiger partial charge in [-0.25, -0.2) is 5.84 Å². The van der Waals surface area contributed by atoms with Crippen LogP contribution in [-0.2, 0) is 4.74 Å². The summed E-state index contributed by atoms with van der Waals surface area (Å²) in [6.07, 6.45) is 0. The van der Waals surface area contributed by atoms with Gasteiger partial charge in [-0.1, -0.05) is 0 Å². The number of nitrogens with one attached hydrogen (secondary N) is 1. The predicted octanol–water partition coefficient (Wildman–Crippen LogP) is -1.12. The van der Waals surface area contributed by atoms with Crippen LogP contribution in [0, 0.1) is 0 Å². The second-order valence-electron chi connectivity index (χ2n) is 1.53. The average molecular weight is 115 g/mol. The predicted molar refractivity (Wildman–Crippen MR) is 30.4 cm³/mol. The molecule has 0 unspecified atom stereocenters. The van der Waals surface area contributed by atoms with Crippen LogP contribution in [0.2, 0.25) is 0 Å². The Hall–Kier alpha value is -0.610. The topological polar surface area (TPSA) is 59.6 Å². The Labute approximate surface area is 47.7 Å². The Balaban J connectivity index is 2.37. The number of hydrazine groups is 1. The molecule has 1 aliphatic heterocycles. The Morgan fingerprint density at radius 1 is 1.75 bits per heavy atom. The van der Waals surface area contributed by atoms with E-state index in [0.29, 0.717) is 13.2 Å². The van der Waals surface area contributed by atoms with Crippen LogP contribution < -0.4 is 11.3 Å². The van der Waals surface area contributed by atoms with Crippen LogP contribution in [0.3, 0.4) is 0 Å². The fourth-order valence-electron chi connectivity index (χ4n) is 0.547. The smallest absolute Gasteiger partial charge is 0.137 e. The lowest BCUT2D eigenvalue weighted by Crippen LogP contribution is -2.36. The van der Waals surface area contributed by atoms with Crippen LogP contribution >= 0.6 is 0 Å². The molecule has 4 nitrogen and oxygen atoms in total. The highest BCUT2D eigenvalue weighted by atomic mass is 16.5. The first-order valence-electron chi connectivity index (χ1n) is 2.51. The first-order chi connectivity index (χ1) is 3.93. The van der Waals surface area contributed by atoms with Gasteiger partial charge in [0.1, 0.15) is 12.4 Å². The van der Waals surface area contributed by atoms with Gasteiger partial charge >= 0.3 is 0 Å². The van der Waals surface area contributed by atoms with E-state index in [1.165, 1.54) is 0 Å². The number of aliphatic imine (C=N–C) groups is 1. The van der Waals surface area contributed by atoms with Gasteiger partial charge < -0.3 is 10.2 Å². The van der Waals surface area contributed by atoms with E-state index in [2.05, 4.69) is 10.4 Å². The van der Waals surface area contributed by atoms with E-state index in [9.17, 15) is 0 Å². The maximum Gasteiger partial charge on any atom is 0.137 e. The minimum atomic E-state index is 0.524. The summed E-state index contributed by atoms with van der Waals surface area (Å²) in [5.41, 5.74) is 2.43. The van der Waals surface area contributed by atoms with Crippen molar-refractivity contribution in [3.8, 4) is 0 Å². The fraction of sp³-hybridized carbons (Fsp3) is 0.750. The molecule has 0 bridgehead atoms. The van der Waals surface area contributed by atoms with Crippen molar-refractivity contribution in [2.75, 3.05) is 19.8 Å². The molecule has 0 atom stereocenters. The molecule has 0 saturated heterocycles. The van der Waals surface area contributed by atoms with E-state index in [0.717, 1.165) is 12.4 Å². The molecule has 0 spiro atoms. The highest BCUT2D eigenvalue weighted by molar-refractivity contribution is 5.83. The fourth-order valence-corrected chi connectivity index (χ4v) is 0.547. The Morgan fingerprint density at radius 2 is 2.62 bits per heavy atom. The van der Waals surface area contributed by atoms with Crippen LogP contribution in [0.25, 0.3) is 0 Å². The van der Waals surface area contributed by atoms with Gasteiger partial charge in [0.25, 0.3) is 0 Å². The van der Waals surface area contributed by atoms with Crippen LogP contribution in [0.4, 0.5) is 0 Å².